The summed E-state index contributed by atoms with van der Waals surface area (Å²) in [6, 6.07) is 7.73. The van der Waals surface area contributed by atoms with Gasteiger partial charge in [-0.1, -0.05) is 6.07 Å². The van der Waals surface area contributed by atoms with Crippen molar-refractivity contribution < 1.29 is 4.42 Å². The van der Waals surface area contributed by atoms with Gasteiger partial charge in [-0.05, 0) is 18.2 Å². The molecule has 0 aliphatic carbocycles. The van der Waals surface area contributed by atoms with Crippen LogP contribution >= 0.6 is 12.6 Å². The number of rotatable bonds is 2. The molecule has 0 unspecified atom stereocenters. The molecule has 2 heterocycles. The maximum Gasteiger partial charge on any atom is 0.192 e. The third kappa shape index (κ3) is 1.97. The van der Waals surface area contributed by atoms with Crippen LogP contribution in [-0.2, 0) is 5.75 Å². The Morgan fingerprint density at radius 1 is 1.22 bits per heavy atom. The maximum atomic E-state index is 5.52. The van der Waals surface area contributed by atoms with Crippen molar-refractivity contribution in [3.63, 3.8) is 0 Å². The highest BCUT2D eigenvalue weighted by molar-refractivity contribution is 7.79. The molecule has 2 aromatic heterocycles. The van der Waals surface area contributed by atoms with E-state index >= 15 is 0 Å². The van der Waals surface area contributed by atoms with Gasteiger partial charge in [0.1, 0.15) is 11.3 Å². The van der Waals surface area contributed by atoms with Gasteiger partial charge in [0, 0.05) is 18.7 Å². The van der Waals surface area contributed by atoms with Crippen molar-refractivity contribution >= 4 is 23.7 Å². The van der Waals surface area contributed by atoms with Gasteiger partial charge in [0.25, 0.3) is 0 Å². The quantitative estimate of drug-likeness (QED) is 0.717. The molecule has 0 amide bonds. The van der Waals surface area contributed by atoms with E-state index in [0.29, 0.717) is 17.5 Å². The Hall–Kier alpha value is -1.88. The predicted octanol–water partition coefficient (Wildman–Crippen LogP) is 3.02. The zero-order valence-electron chi connectivity index (χ0n) is 9.79. The van der Waals surface area contributed by atoms with E-state index in [4.69, 9.17) is 4.42 Å². The van der Waals surface area contributed by atoms with Gasteiger partial charge in [0.2, 0.25) is 0 Å². The molecule has 0 bridgehead atoms. The molecule has 0 aliphatic rings. The van der Waals surface area contributed by atoms with Gasteiger partial charge in [-0.2, -0.15) is 12.6 Å². The Kier molecular flexibility index (Phi) is 2.76. The summed E-state index contributed by atoms with van der Waals surface area (Å²) in [5.41, 5.74) is 3.49. The smallest absolute Gasteiger partial charge is 0.192 e. The Bertz CT molecular complexity index is 708. The first-order valence-corrected chi connectivity index (χ1v) is 6.20. The fourth-order valence-corrected chi connectivity index (χ4v) is 1.99. The van der Waals surface area contributed by atoms with Crippen LogP contribution in [0.25, 0.3) is 22.4 Å². The summed E-state index contributed by atoms with van der Waals surface area (Å²) in [6.07, 6.45) is 1.74. The summed E-state index contributed by atoms with van der Waals surface area (Å²) >= 11 is 4.18. The summed E-state index contributed by atoms with van der Waals surface area (Å²) < 4.78 is 5.52. The van der Waals surface area contributed by atoms with Crippen molar-refractivity contribution in [1.82, 2.24) is 15.0 Å². The minimum absolute atomic E-state index is 0.525. The van der Waals surface area contributed by atoms with Crippen LogP contribution in [0.1, 0.15) is 11.7 Å². The lowest BCUT2D eigenvalue weighted by Gasteiger charge is -2.01. The first kappa shape index (κ1) is 11.2. The summed E-state index contributed by atoms with van der Waals surface area (Å²) in [7, 11) is 0. The van der Waals surface area contributed by atoms with Gasteiger partial charge in [0.05, 0.1) is 11.4 Å². The van der Waals surface area contributed by atoms with E-state index in [-0.39, 0.29) is 0 Å². The van der Waals surface area contributed by atoms with Gasteiger partial charge in [0.15, 0.2) is 11.5 Å². The molecule has 0 atom stereocenters. The van der Waals surface area contributed by atoms with Crippen LogP contribution in [0.4, 0.5) is 0 Å². The lowest BCUT2D eigenvalue weighted by Crippen LogP contribution is -1.92. The number of nitrogens with zero attached hydrogens (tertiary/aromatic N) is 3. The minimum Gasteiger partial charge on any atom is -0.441 e. The van der Waals surface area contributed by atoms with Gasteiger partial charge in [-0.25, -0.2) is 15.0 Å². The minimum atomic E-state index is 0.525. The molecule has 0 saturated carbocycles. The van der Waals surface area contributed by atoms with Crippen LogP contribution < -0.4 is 0 Å². The van der Waals surface area contributed by atoms with Crippen molar-refractivity contribution in [2.45, 2.75) is 12.7 Å². The molecule has 3 aromatic rings. The number of hydrogen-bond donors (Lipinski definition) is 1. The summed E-state index contributed by atoms with van der Waals surface area (Å²) in [5.74, 6) is 1.91. The fourth-order valence-electron chi connectivity index (χ4n) is 1.84. The van der Waals surface area contributed by atoms with Crippen LogP contribution in [0.3, 0.4) is 0 Å². The molecular weight excluding hydrogens is 246 g/mol. The molecule has 0 saturated heterocycles. The number of aromatic nitrogens is 3. The van der Waals surface area contributed by atoms with Crippen LogP contribution in [0.15, 0.2) is 34.9 Å². The van der Waals surface area contributed by atoms with Crippen molar-refractivity contribution in [3.05, 3.63) is 42.2 Å². The third-order valence-electron chi connectivity index (χ3n) is 2.64. The van der Waals surface area contributed by atoms with E-state index in [1.54, 1.807) is 6.20 Å². The number of thiol groups is 1. The topological polar surface area (TPSA) is 51.8 Å². The standard InChI is InChI=1S/C13H11N3OS/c1-8-15-11-3-2-9(6-12(11)17-8)10-4-5-14-13(7-18)16-10/h2-6,18H,7H2,1H3. The molecule has 5 heteroatoms. The highest BCUT2D eigenvalue weighted by Gasteiger charge is 2.06. The lowest BCUT2D eigenvalue weighted by molar-refractivity contribution is 0.561. The molecule has 90 valence electrons. The molecule has 18 heavy (non-hydrogen) atoms. The molecule has 0 radical (unpaired) electrons. The van der Waals surface area contributed by atoms with Gasteiger partial charge < -0.3 is 4.42 Å². The first-order valence-electron chi connectivity index (χ1n) is 5.56. The fraction of sp³-hybridized carbons (Fsp3) is 0.154. The first-order chi connectivity index (χ1) is 8.76. The number of aryl methyl sites for hydroxylation is 1. The second-order valence-electron chi connectivity index (χ2n) is 3.93. The summed E-state index contributed by atoms with van der Waals surface area (Å²) in [5, 5.41) is 0. The van der Waals surface area contributed by atoms with Crippen molar-refractivity contribution in [2.24, 2.45) is 0 Å². The van der Waals surface area contributed by atoms with Gasteiger partial charge in [-0.3, -0.25) is 0 Å². The maximum absolute atomic E-state index is 5.52. The van der Waals surface area contributed by atoms with E-state index in [1.165, 1.54) is 0 Å². The lowest BCUT2D eigenvalue weighted by atomic mass is 10.1. The van der Waals surface area contributed by atoms with E-state index < -0.39 is 0 Å². The van der Waals surface area contributed by atoms with E-state index in [0.717, 1.165) is 22.4 Å². The predicted molar refractivity (Wildman–Crippen MR) is 72.5 cm³/mol. The molecule has 1 aromatic carbocycles. The number of fused-ring (bicyclic) bond motifs is 1. The second kappa shape index (κ2) is 4.42. The van der Waals surface area contributed by atoms with Crippen molar-refractivity contribution in [1.29, 1.82) is 0 Å². The van der Waals surface area contributed by atoms with E-state index in [1.807, 2.05) is 31.2 Å². The Morgan fingerprint density at radius 2 is 2.11 bits per heavy atom. The Balaban J connectivity index is 2.12. The summed E-state index contributed by atoms with van der Waals surface area (Å²) in [6.45, 7) is 1.84. The van der Waals surface area contributed by atoms with E-state index in [9.17, 15) is 0 Å². The largest absolute Gasteiger partial charge is 0.441 e. The number of oxazole rings is 1. The summed E-state index contributed by atoms with van der Waals surface area (Å²) in [4.78, 5) is 12.8. The van der Waals surface area contributed by atoms with Crippen molar-refractivity contribution in [2.75, 3.05) is 0 Å². The average molecular weight is 257 g/mol. The molecule has 0 N–H and O–H groups in total. The molecule has 0 aliphatic heterocycles. The molecular formula is C13H11N3OS. The SMILES string of the molecule is Cc1nc2ccc(-c3ccnc(CS)n3)cc2o1. The highest BCUT2D eigenvalue weighted by atomic mass is 32.1. The number of hydrogen-bond acceptors (Lipinski definition) is 5. The molecule has 4 nitrogen and oxygen atoms in total. The monoisotopic (exact) mass is 257 g/mol. The zero-order valence-corrected chi connectivity index (χ0v) is 10.7. The zero-order chi connectivity index (χ0) is 12.5. The third-order valence-corrected chi connectivity index (χ3v) is 2.92. The normalized spacial score (nSPS) is 11.0. The van der Waals surface area contributed by atoms with E-state index in [2.05, 4.69) is 27.6 Å². The average Bonchev–Trinajstić information content (AvgIpc) is 2.77. The Labute approximate surface area is 110 Å². The van der Waals surface area contributed by atoms with Crippen LogP contribution in [0.2, 0.25) is 0 Å². The van der Waals surface area contributed by atoms with Crippen LogP contribution in [-0.4, -0.2) is 15.0 Å². The molecule has 0 fully saturated rings. The van der Waals surface area contributed by atoms with Crippen LogP contribution in [0.5, 0.6) is 0 Å². The van der Waals surface area contributed by atoms with Gasteiger partial charge >= 0.3 is 0 Å². The Morgan fingerprint density at radius 3 is 2.94 bits per heavy atom. The van der Waals surface area contributed by atoms with Crippen LogP contribution in [0, 0.1) is 6.92 Å². The second-order valence-corrected chi connectivity index (χ2v) is 4.25. The van der Waals surface area contributed by atoms with Crippen molar-refractivity contribution in [3.8, 4) is 11.3 Å². The number of benzene rings is 1. The highest BCUT2D eigenvalue weighted by Crippen LogP contribution is 2.23. The molecule has 3 rings (SSSR count). The van der Waals surface area contributed by atoms with Gasteiger partial charge in [-0.15, -0.1) is 0 Å². The molecule has 0 spiro atoms.